The molecule has 0 radical (unpaired) electrons. The molecule has 178 valence electrons. The van der Waals surface area contributed by atoms with Gasteiger partial charge in [-0.25, -0.2) is 26.7 Å². The number of carbonyl (C=O) groups excluding carboxylic acids is 1. The molecule has 2 N–H and O–H groups in total. The van der Waals surface area contributed by atoms with Crippen molar-refractivity contribution in [1.29, 1.82) is 0 Å². The summed E-state index contributed by atoms with van der Waals surface area (Å²) in [7, 11) is -4.58. The molecule has 0 aliphatic carbocycles. The van der Waals surface area contributed by atoms with E-state index in [0.717, 1.165) is 12.5 Å². The Morgan fingerprint density at radius 2 is 1.88 bits per heavy atom. The summed E-state index contributed by atoms with van der Waals surface area (Å²) in [4.78, 5) is 22.7. The number of likely N-dealkylation sites (tertiary alicyclic amines) is 1. The minimum Gasteiger partial charge on any atom is -0.490 e. The van der Waals surface area contributed by atoms with E-state index in [1.54, 1.807) is 16.9 Å². The van der Waals surface area contributed by atoms with Crippen LogP contribution in [0.15, 0.2) is 41.3 Å². The van der Waals surface area contributed by atoms with E-state index in [4.69, 9.17) is 16.3 Å². The summed E-state index contributed by atoms with van der Waals surface area (Å²) >= 11 is 5.94. The molecule has 0 saturated carbocycles. The number of hydrogen-bond acceptors (Lipinski definition) is 5. The normalized spacial score (nSPS) is 18.6. The second-order valence-electron chi connectivity index (χ2n) is 7.62. The molecule has 2 aromatic rings. The van der Waals surface area contributed by atoms with Gasteiger partial charge in [-0.15, -0.1) is 0 Å². The molecule has 12 heteroatoms. The Labute approximate surface area is 194 Å². The highest BCUT2D eigenvalue weighted by atomic mass is 35.5. The lowest BCUT2D eigenvalue weighted by molar-refractivity contribution is -0.117. The van der Waals surface area contributed by atoms with Crippen LogP contribution < -0.4 is 9.46 Å². The van der Waals surface area contributed by atoms with Gasteiger partial charge in [0.2, 0.25) is 5.91 Å². The number of nitrogens with zero attached hydrogens (tertiary/aromatic N) is 1. The van der Waals surface area contributed by atoms with Crippen LogP contribution in [0.1, 0.15) is 24.8 Å². The molecular formula is C21H21ClF2N2O6S. The van der Waals surface area contributed by atoms with E-state index >= 15 is 0 Å². The molecule has 1 heterocycles. The zero-order valence-electron chi connectivity index (χ0n) is 17.4. The zero-order chi connectivity index (χ0) is 24.3. The van der Waals surface area contributed by atoms with Crippen LogP contribution in [0.25, 0.3) is 0 Å². The average molecular weight is 503 g/mol. The molecule has 33 heavy (non-hydrogen) atoms. The molecule has 0 aromatic heterocycles. The van der Waals surface area contributed by atoms with Crippen molar-refractivity contribution >= 4 is 33.6 Å². The van der Waals surface area contributed by atoms with E-state index in [9.17, 15) is 31.9 Å². The molecule has 8 nitrogen and oxygen atoms in total. The molecule has 1 fully saturated rings. The third-order valence-electron chi connectivity index (χ3n) is 5.31. The number of ether oxygens (including phenoxy) is 1. The Hall–Kier alpha value is -2.92. The van der Waals surface area contributed by atoms with E-state index in [0.29, 0.717) is 30.1 Å². The molecule has 2 amide bonds. The predicted octanol–water partition coefficient (Wildman–Crippen LogP) is 3.61. The van der Waals surface area contributed by atoms with Crippen LogP contribution >= 0.6 is 11.6 Å². The molecule has 1 aliphatic rings. The molecule has 3 rings (SSSR count). The molecule has 2 aromatic carbocycles. The summed E-state index contributed by atoms with van der Waals surface area (Å²) in [5.74, 6) is -4.44. The Morgan fingerprint density at radius 3 is 2.48 bits per heavy atom. The van der Waals surface area contributed by atoms with Gasteiger partial charge in [-0.2, -0.15) is 0 Å². The fourth-order valence-electron chi connectivity index (χ4n) is 3.79. The quantitative estimate of drug-likeness (QED) is 0.624. The van der Waals surface area contributed by atoms with Gasteiger partial charge in [-0.3, -0.25) is 4.79 Å². The number of rotatable bonds is 6. The molecule has 2 atom stereocenters. The molecule has 2 unspecified atom stereocenters. The van der Waals surface area contributed by atoms with Crippen LogP contribution in [0.5, 0.6) is 5.75 Å². The first-order chi connectivity index (χ1) is 15.5. The first-order valence-corrected chi connectivity index (χ1v) is 11.7. The molecule has 0 bridgehead atoms. The van der Waals surface area contributed by atoms with Gasteiger partial charge in [-0.05, 0) is 30.0 Å². The number of hydrogen-bond donors (Lipinski definition) is 2. The van der Waals surface area contributed by atoms with Crippen molar-refractivity contribution in [3.8, 4) is 5.75 Å². The standard InChI is InChI=1S/C21H21ClF2N2O6S/c1-12(27)25-33(30,31)20-9-17(23)19(8-18(20)24)32-11-14-10-26(21(28)29)7-6-16(14)13-2-4-15(22)5-3-13/h2-5,8-9,14,16H,6-7,10-11H2,1H3,(H,25,27)(H,28,29). The van der Waals surface area contributed by atoms with Crippen LogP contribution in [-0.2, 0) is 14.8 Å². The maximum Gasteiger partial charge on any atom is 0.407 e. The molecule has 0 spiro atoms. The highest BCUT2D eigenvalue weighted by Gasteiger charge is 2.33. The van der Waals surface area contributed by atoms with Gasteiger partial charge in [0.25, 0.3) is 10.0 Å². The van der Waals surface area contributed by atoms with Crippen molar-refractivity contribution in [2.24, 2.45) is 5.92 Å². The predicted molar refractivity (Wildman–Crippen MR) is 115 cm³/mol. The van der Waals surface area contributed by atoms with Gasteiger partial charge in [-0.1, -0.05) is 23.7 Å². The number of carboxylic acid groups (broad SMARTS) is 1. The SMILES string of the molecule is CC(=O)NS(=O)(=O)c1cc(F)c(OCC2CN(C(=O)O)CCC2c2ccc(Cl)cc2)cc1F. The van der Waals surface area contributed by atoms with Crippen molar-refractivity contribution in [3.63, 3.8) is 0 Å². The molecular weight excluding hydrogens is 482 g/mol. The highest BCUT2D eigenvalue weighted by molar-refractivity contribution is 7.90. The maximum absolute atomic E-state index is 14.5. The summed E-state index contributed by atoms with van der Waals surface area (Å²) in [6, 6.07) is 8.07. The zero-order valence-corrected chi connectivity index (χ0v) is 19.0. The number of amides is 2. The Balaban J connectivity index is 1.82. The van der Waals surface area contributed by atoms with Crippen molar-refractivity contribution in [2.45, 2.75) is 24.2 Å². The Bertz CT molecular complexity index is 1160. The minimum atomic E-state index is -4.58. The highest BCUT2D eigenvalue weighted by Crippen LogP contribution is 2.35. The van der Waals surface area contributed by atoms with E-state index in [-0.39, 0.29) is 25.0 Å². The lowest BCUT2D eigenvalue weighted by atomic mass is 9.81. The van der Waals surface area contributed by atoms with Gasteiger partial charge >= 0.3 is 6.09 Å². The number of carbonyl (C=O) groups is 2. The van der Waals surface area contributed by atoms with Gasteiger partial charge in [0.1, 0.15) is 10.7 Å². The van der Waals surface area contributed by atoms with Gasteiger partial charge in [0, 0.05) is 43.1 Å². The lowest BCUT2D eigenvalue weighted by Crippen LogP contribution is -2.44. The number of benzene rings is 2. The smallest absolute Gasteiger partial charge is 0.407 e. The van der Waals surface area contributed by atoms with Gasteiger partial charge in [0.05, 0.1) is 6.61 Å². The maximum atomic E-state index is 14.5. The topological polar surface area (TPSA) is 113 Å². The van der Waals surface area contributed by atoms with Crippen molar-refractivity contribution in [1.82, 2.24) is 9.62 Å². The fourth-order valence-corrected chi connectivity index (χ4v) is 4.98. The van der Waals surface area contributed by atoms with E-state index in [1.165, 1.54) is 4.90 Å². The van der Waals surface area contributed by atoms with Crippen LogP contribution in [0.3, 0.4) is 0 Å². The Morgan fingerprint density at radius 1 is 1.21 bits per heavy atom. The number of halogens is 3. The average Bonchev–Trinajstić information content (AvgIpc) is 2.73. The minimum absolute atomic E-state index is 0.113. The van der Waals surface area contributed by atoms with Crippen LogP contribution in [-0.4, -0.2) is 50.1 Å². The largest absolute Gasteiger partial charge is 0.490 e. The summed E-state index contributed by atoms with van der Waals surface area (Å²) in [5, 5.41) is 9.90. The van der Waals surface area contributed by atoms with E-state index in [1.807, 2.05) is 12.1 Å². The lowest BCUT2D eigenvalue weighted by Gasteiger charge is -2.37. The van der Waals surface area contributed by atoms with Gasteiger partial charge < -0.3 is 14.7 Å². The summed E-state index contributed by atoms with van der Waals surface area (Å²) < 4.78 is 60.0. The number of nitrogens with one attached hydrogen (secondary N) is 1. The van der Waals surface area contributed by atoms with Crippen molar-refractivity contribution in [2.75, 3.05) is 19.7 Å². The summed E-state index contributed by atoms with van der Waals surface area (Å²) in [6.45, 7) is 1.19. The first kappa shape index (κ1) is 24.7. The summed E-state index contributed by atoms with van der Waals surface area (Å²) in [6.07, 6.45) is -0.605. The second-order valence-corrected chi connectivity index (χ2v) is 9.71. The Kier molecular flexibility index (Phi) is 7.43. The van der Waals surface area contributed by atoms with E-state index in [2.05, 4.69) is 0 Å². The summed E-state index contributed by atoms with van der Waals surface area (Å²) in [5.41, 5.74) is 0.904. The monoisotopic (exact) mass is 502 g/mol. The number of piperidine rings is 1. The number of sulfonamides is 1. The van der Waals surface area contributed by atoms with Crippen molar-refractivity contribution in [3.05, 3.63) is 58.6 Å². The van der Waals surface area contributed by atoms with Crippen molar-refractivity contribution < 1.29 is 36.6 Å². The van der Waals surface area contributed by atoms with Crippen LogP contribution in [0.2, 0.25) is 5.02 Å². The van der Waals surface area contributed by atoms with Crippen LogP contribution in [0, 0.1) is 17.6 Å². The van der Waals surface area contributed by atoms with E-state index < -0.39 is 44.3 Å². The fraction of sp³-hybridized carbons (Fsp3) is 0.333. The van der Waals surface area contributed by atoms with Crippen LogP contribution in [0.4, 0.5) is 13.6 Å². The van der Waals surface area contributed by atoms with Gasteiger partial charge in [0.15, 0.2) is 11.6 Å². The third kappa shape index (κ3) is 5.91. The first-order valence-electron chi connectivity index (χ1n) is 9.86. The second kappa shape index (κ2) is 9.92. The molecule has 1 aliphatic heterocycles. The molecule has 1 saturated heterocycles. The third-order valence-corrected chi connectivity index (χ3v) is 7.01.